The molecule has 0 unspecified atom stereocenters. The van der Waals surface area contributed by atoms with Crippen LogP contribution >= 0.6 is 11.6 Å². The SMILES string of the molecule is CC(=O)OC[C@@H](CCCCO)N(C)C(=O)NCc1ccccc1Cl. The molecule has 0 heterocycles. The lowest BCUT2D eigenvalue weighted by Crippen LogP contribution is -2.45. The van der Waals surface area contributed by atoms with Crippen molar-refractivity contribution < 1.29 is 19.4 Å². The van der Waals surface area contributed by atoms with Crippen LogP contribution in [0.1, 0.15) is 31.7 Å². The Morgan fingerprint density at radius 2 is 2.04 bits per heavy atom. The molecule has 24 heavy (non-hydrogen) atoms. The van der Waals surface area contributed by atoms with Crippen molar-refractivity contribution in [2.75, 3.05) is 20.3 Å². The van der Waals surface area contributed by atoms with E-state index in [4.69, 9.17) is 21.4 Å². The highest BCUT2D eigenvalue weighted by Crippen LogP contribution is 2.15. The number of aliphatic hydroxyl groups excluding tert-OH is 1. The molecule has 2 N–H and O–H groups in total. The summed E-state index contributed by atoms with van der Waals surface area (Å²) < 4.78 is 5.04. The number of nitrogens with zero attached hydrogens (tertiary/aromatic N) is 1. The number of carbonyl (C=O) groups excluding carboxylic acids is 2. The van der Waals surface area contributed by atoms with E-state index < -0.39 is 0 Å². The molecule has 0 radical (unpaired) electrons. The maximum atomic E-state index is 12.3. The number of amides is 2. The number of ether oxygens (including phenoxy) is 1. The molecule has 0 aliphatic rings. The highest BCUT2D eigenvalue weighted by atomic mass is 35.5. The Hall–Kier alpha value is -1.79. The Labute approximate surface area is 147 Å². The van der Waals surface area contributed by atoms with Gasteiger partial charge in [-0.25, -0.2) is 4.79 Å². The average molecular weight is 357 g/mol. The molecule has 0 saturated heterocycles. The molecule has 0 saturated carbocycles. The van der Waals surface area contributed by atoms with Gasteiger partial charge in [-0.15, -0.1) is 0 Å². The third-order valence-electron chi connectivity index (χ3n) is 3.68. The van der Waals surface area contributed by atoms with E-state index >= 15 is 0 Å². The van der Waals surface area contributed by atoms with Gasteiger partial charge in [-0.1, -0.05) is 29.8 Å². The summed E-state index contributed by atoms with van der Waals surface area (Å²) in [6.45, 7) is 1.89. The Morgan fingerprint density at radius 3 is 2.67 bits per heavy atom. The first-order valence-electron chi connectivity index (χ1n) is 7.94. The molecular weight excluding hydrogens is 332 g/mol. The van der Waals surface area contributed by atoms with Gasteiger partial charge in [0.05, 0.1) is 6.04 Å². The summed E-state index contributed by atoms with van der Waals surface area (Å²) in [6, 6.07) is 6.79. The van der Waals surface area contributed by atoms with Gasteiger partial charge in [-0.2, -0.15) is 0 Å². The minimum Gasteiger partial charge on any atom is -0.464 e. The Balaban J connectivity index is 2.58. The zero-order valence-electron chi connectivity index (χ0n) is 14.1. The highest BCUT2D eigenvalue weighted by Gasteiger charge is 2.21. The zero-order chi connectivity index (χ0) is 17.9. The highest BCUT2D eigenvalue weighted by molar-refractivity contribution is 6.31. The number of aliphatic hydroxyl groups is 1. The Kier molecular flexibility index (Phi) is 9.19. The lowest BCUT2D eigenvalue weighted by molar-refractivity contribution is -0.142. The minimum absolute atomic E-state index is 0.0999. The summed E-state index contributed by atoms with van der Waals surface area (Å²) in [4.78, 5) is 24.9. The fourth-order valence-corrected chi connectivity index (χ4v) is 2.40. The number of rotatable bonds is 9. The van der Waals surface area contributed by atoms with Crippen molar-refractivity contribution in [3.05, 3.63) is 34.9 Å². The summed E-state index contributed by atoms with van der Waals surface area (Å²) in [5.41, 5.74) is 0.831. The number of carbonyl (C=O) groups is 2. The standard InChI is InChI=1S/C17H25ClN2O4/c1-13(22)24-12-15(8-5-6-10-21)20(2)17(23)19-11-14-7-3-4-9-16(14)18/h3-4,7,9,15,21H,5-6,8,10-12H2,1-2H3,(H,19,23)/t15-/m1/s1. The predicted molar refractivity (Wildman–Crippen MR) is 92.8 cm³/mol. The Bertz CT molecular complexity index is 539. The van der Waals surface area contributed by atoms with Crippen LogP contribution in [0.5, 0.6) is 0 Å². The molecule has 7 heteroatoms. The molecule has 0 aliphatic heterocycles. The van der Waals surface area contributed by atoms with Crippen molar-refractivity contribution >= 4 is 23.6 Å². The molecule has 1 aromatic carbocycles. The first-order chi connectivity index (χ1) is 11.5. The van der Waals surface area contributed by atoms with Crippen LogP contribution in [0, 0.1) is 0 Å². The van der Waals surface area contributed by atoms with Gasteiger partial charge in [-0.05, 0) is 30.9 Å². The van der Waals surface area contributed by atoms with E-state index in [0.29, 0.717) is 24.4 Å². The largest absolute Gasteiger partial charge is 0.464 e. The first kappa shape index (κ1) is 20.3. The van der Waals surface area contributed by atoms with Crippen LogP contribution in [-0.2, 0) is 16.1 Å². The number of nitrogens with one attached hydrogen (secondary N) is 1. The quantitative estimate of drug-likeness (QED) is 0.526. The smallest absolute Gasteiger partial charge is 0.317 e. The molecule has 6 nitrogen and oxygen atoms in total. The van der Waals surface area contributed by atoms with Crippen LogP contribution < -0.4 is 5.32 Å². The third kappa shape index (κ3) is 7.19. The van der Waals surface area contributed by atoms with Crippen molar-refractivity contribution in [2.45, 2.75) is 38.8 Å². The molecule has 0 spiro atoms. The van der Waals surface area contributed by atoms with E-state index in [2.05, 4.69) is 5.32 Å². The van der Waals surface area contributed by atoms with Crippen LogP contribution in [0.3, 0.4) is 0 Å². The molecular formula is C17H25ClN2O4. The van der Waals surface area contributed by atoms with Crippen LogP contribution in [0.25, 0.3) is 0 Å². The summed E-state index contributed by atoms with van der Waals surface area (Å²) in [6.07, 6.45) is 2.03. The number of urea groups is 1. The molecule has 0 aromatic heterocycles. The number of hydrogen-bond acceptors (Lipinski definition) is 4. The van der Waals surface area contributed by atoms with Gasteiger partial charge in [-0.3, -0.25) is 4.79 Å². The maximum absolute atomic E-state index is 12.3. The fraction of sp³-hybridized carbons (Fsp3) is 0.529. The zero-order valence-corrected chi connectivity index (χ0v) is 14.9. The van der Waals surface area contributed by atoms with Gasteiger partial charge >= 0.3 is 12.0 Å². The monoisotopic (exact) mass is 356 g/mol. The van der Waals surface area contributed by atoms with E-state index in [9.17, 15) is 9.59 Å². The predicted octanol–water partition coefficient (Wildman–Crippen LogP) is 2.58. The normalized spacial score (nSPS) is 11.7. The molecule has 0 fully saturated rings. The third-order valence-corrected chi connectivity index (χ3v) is 4.05. The molecule has 0 bridgehead atoms. The van der Waals surface area contributed by atoms with Gasteiger partial charge in [0.25, 0.3) is 0 Å². The van der Waals surface area contributed by atoms with Crippen LogP contribution in [0.4, 0.5) is 4.79 Å². The van der Waals surface area contributed by atoms with Crippen molar-refractivity contribution in [2.24, 2.45) is 0 Å². The van der Waals surface area contributed by atoms with Crippen molar-refractivity contribution in [1.82, 2.24) is 10.2 Å². The van der Waals surface area contributed by atoms with Gasteiger partial charge in [0.1, 0.15) is 6.61 Å². The van der Waals surface area contributed by atoms with E-state index in [1.54, 1.807) is 13.1 Å². The van der Waals surface area contributed by atoms with Gasteiger partial charge in [0.2, 0.25) is 0 Å². The first-order valence-corrected chi connectivity index (χ1v) is 8.31. The second-order valence-electron chi connectivity index (χ2n) is 5.54. The summed E-state index contributed by atoms with van der Waals surface area (Å²) in [7, 11) is 1.66. The topological polar surface area (TPSA) is 78.9 Å². The van der Waals surface area contributed by atoms with Gasteiger partial charge < -0.3 is 20.1 Å². The van der Waals surface area contributed by atoms with E-state index in [-0.39, 0.29) is 31.3 Å². The number of likely N-dealkylation sites (N-methyl/N-ethyl adjacent to an activating group) is 1. The fourth-order valence-electron chi connectivity index (χ4n) is 2.20. The number of benzene rings is 1. The minimum atomic E-state index is -0.382. The second-order valence-corrected chi connectivity index (χ2v) is 5.94. The van der Waals surface area contributed by atoms with Crippen LogP contribution in [-0.4, -0.2) is 48.3 Å². The molecule has 1 aromatic rings. The molecule has 1 atom stereocenters. The van der Waals surface area contributed by atoms with Crippen molar-refractivity contribution in [3.63, 3.8) is 0 Å². The number of esters is 1. The lowest BCUT2D eigenvalue weighted by atomic mass is 10.1. The lowest BCUT2D eigenvalue weighted by Gasteiger charge is -2.28. The number of hydrogen-bond donors (Lipinski definition) is 2. The summed E-state index contributed by atoms with van der Waals surface area (Å²) in [5.74, 6) is -0.382. The molecule has 0 aliphatic carbocycles. The summed E-state index contributed by atoms with van der Waals surface area (Å²) >= 11 is 6.07. The summed E-state index contributed by atoms with van der Waals surface area (Å²) in [5, 5.41) is 12.3. The molecule has 134 valence electrons. The number of unbranched alkanes of at least 4 members (excludes halogenated alkanes) is 1. The van der Waals surface area contributed by atoms with Crippen LogP contribution in [0.15, 0.2) is 24.3 Å². The van der Waals surface area contributed by atoms with E-state index in [1.807, 2.05) is 18.2 Å². The number of halogens is 1. The van der Waals surface area contributed by atoms with E-state index in [1.165, 1.54) is 11.8 Å². The van der Waals surface area contributed by atoms with E-state index in [0.717, 1.165) is 12.0 Å². The van der Waals surface area contributed by atoms with Gasteiger partial charge in [0, 0.05) is 32.1 Å². The van der Waals surface area contributed by atoms with Gasteiger partial charge in [0.15, 0.2) is 0 Å². The molecule has 2 amide bonds. The van der Waals surface area contributed by atoms with Crippen molar-refractivity contribution in [1.29, 1.82) is 0 Å². The maximum Gasteiger partial charge on any atom is 0.317 e. The second kappa shape index (κ2) is 10.9. The van der Waals surface area contributed by atoms with Crippen LogP contribution in [0.2, 0.25) is 5.02 Å². The van der Waals surface area contributed by atoms with Crippen molar-refractivity contribution in [3.8, 4) is 0 Å². The molecule has 1 rings (SSSR count). The Morgan fingerprint density at radius 1 is 1.33 bits per heavy atom. The average Bonchev–Trinajstić information content (AvgIpc) is 2.56.